The summed E-state index contributed by atoms with van der Waals surface area (Å²) < 4.78 is 0. The Morgan fingerprint density at radius 3 is 2.80 bits per heavy atom. The number of carboxylic acid groups (broad SMARTS) is 1. The Morgan fingerprint density at radius 1 is 1.47 bits per heavy atom. The Kier molecular flexibility index (Phi) is 4.17. The Labute approximate surface area is 89.3 Å². The number of terminal acetylenes is 1. The van der Waals surface area contributed by atoms with Crippen LogP contribution in [0.1, 0.15) is 32.1 Å². The molecule has 0 unspecified atom stereocenters. The first-order valence-corrected chi connectivity index (χ1v) is 5.12. The van der Waals surface area contributed by atoms with Gasteiger partial charge < -0.3 is 10.0 Å². The van der Waals surface area contributed by atoms with Crippen LogP contribution in [-0.4, -0.2) is 34.5 Å². The molecule has 0 aromatic carbocycles. The molecule has 1 fully saturated rings. The van der Waals surface area contributed by atoms with Crippen LogP contribution in [0.15, 0.2) is 0 Å². The Hall–Kier alpha value is -1.50. The molecule has 0 aliphatic carbocycles. The third-order valence-corrected chi connectivity index (χ3v) is 2.59. The lowest BCUT2D eigenvalue weighted by Crippen LogP contribution is -2.47. The number of amides is 1. The largest absolute Gasteiger partial charge is 0.480 e. The molecule has 0 saturated carbocycles. The number of nitrogens with zero attached hydrogens (tertiary/aromatic N) is 1. The summed E-state index contributed by atoms with van der Waals surface area (Å²) in [4.78, 5) is 24.0. The van der Waals surface area contributed by atoms with Crippen molar-refractivity contribution in [1.29, 1.82) is 0 Å². The highest BCUT2D eigenvalue weighted by molar-refractivity contribution is 5.84. The smallest absolute Gasteiger partial charge is 0.326 e. The number of aliphatic carboxylic acids is 1. The SMILES string of the molecule is C#CCCC(=O)N1CCCC[C@@H]1C(=O)O. The summed E-state index contributed by atoms with van der Waals surface area (Å²) in [6.07, 6.45) is 7.99. The molecule has 0 aromatic rings. The molecule has 1 aliphatic heterocycles. The van der Waals surface area contributed by atoms with Gasteiger partial charge in [-0.15, -0.1) is 12.3 Å². The van der Waals surface area contributed by atoms with Gasteiger partial charge >= 0.3 is 5.97 Å². The normalized spacial score (nSPS) is 20.7. The molecule has 82 valence electrons. The number of carbonyl (C=O) groups is 2. The van der Waals surface area contributed by atoms with Gasteiger partial charge in [-0.2, -0.15) is 0 Å². The van der Waals surface area contributed by atoms with E-state index in [-0.39, 0.29) is 12.3 Å². The minimum atomic E-state index is -0.913. The van der Waals surface area contributed by atoms with Crippen LogP contribution in [-0.2, 0) is 9.59 Å². The van der Waals surface area contributed by atoms with Gasteiger partial charge in [-0.3, -0.25) is 4.79 Å². The van der Waals surface area contributed by atoms with Crippen molar-refractivity contribution in [2.75, 3.05) is 6.54 Å². The maximum absolute atomic E-state index is 11.6. The van der Waals surface area contributed by atoms with Crippen LogP contribution in [0.2, 0.25) is 0 Å². The highest BCUT2D eigenvalue weighted by Gasteiger charge is 2.31. The summed E-state index contributed by atoms with van der Waals surface area (Å²) in [5.41, 5.74) is 0. The molecule has 1 amide bonds. The maximum atomic E-state index is 11.6. The zero-order valence-corrected chi connectivity index (χ0v) is 8.61. The highest BCUT2D eigenvalue weighted by Crippen LogP contribution is 2.18. The van der Waals surface area contributed by atoms with Crippen LogP contribution >= 0.6 is 0 Å². The topological polar surface area (TPSA) is 57.6 Å². The lowest BCUT2D eigenvalue weighted by molar-refractivity contribution is -0.152. The summed E-state index contributed by atoms with van der Waals surface area (Å²) in [7, 11) is 0. The van der Waals surface area contributed by atoms with Crippen molar-refractivity contribution in [3.8, 4) is 12.3 Å². The van der Waals surface area contributed by atoms with Crippen LogP contribution in [0.25, 0.3) is 0 Å². The van der Waals surface area contributed by atoms with Crippen molar-refractivity contribution in [3.63, 3.8) is 0 Å². The molecule has 0 spiro atoms. The number of likely N-dealkylation sites (tertiary alicyclic amines) is 1. The van der Waals surface area contributed by atoms with Crippen molar-refractivity contribution in [2.45, 2.75) is 38.1 Å². The van der Waals surface area contributed by atoms with Crippen molar-refractivity contribution in [1.82, 2.24) is 4.90 Å². The van der Waals surface area contributed by atoms with E-state index in [2.05, 4.69) is 5.92 Å². The summed E-state index contributed by atoms with van der Waals surface area (Å²) >= 11 is 0. The predicted octanol–water partition coefficient (Wildman–Crippen LogP) is 0.865. The van der Waals surface area contributed by atoms with Gasteiger partial charge in [0.05, 0.1) is 0 Å². The van der Waals surface area contributed by atoms with Gasteiger partial charge in [-0.05, 0) is 19.3 Å². The predicted molar refractivity (Wildman–Crippen MR) is 55.1 cm³/mol. The van der Waals surface area contributed by atoms with Crippen molar-refractivity contribution in [2.24, 2.45) is 0 Å². The third-order valence-electron chi connectivity index (χ3n) is 2.59. The molecule has 1 heterocycles. The van der Waals surface area contributed by atoms with Gasteiger partial charge in [-0.1, -0.05) is 0 Å². The van der Waals surface area contributed by atoms with E-state index in [4.69, 9.17) is 11.5 Å². The number of piperidine rings is 1. The molecule has 1 saturated heterocycles. The molecule has 0 radical (unpaired) electrons. The number of rotatable bonds is 3. The number of carboxylic acids is 1. The van der Waals surface area contributed by atoms with E-state index in [9.17, 15) is 9.59 Å². The average molecular weight is 209 g/mol. The first-order chi connectivity index (χ1) is 7.16. The molecule has 1 aliphatic rings. The van der Waals surface area contributed by atoms with Crippen LogP contribution in [0.5, 0.6) is 0 Å². The van der Waals surface area contributed by atoms with Gasteiger partial charge in [0.1, 0.15) is 6.04 Å². The van der Waals surface area contributed by atoms with Gasteiger partial charge in [0.2, 0.25) is 5.91 Å². The van der Waals surface area contributed by atoms with Gasteiger partial charge in [-0.25, -0.2) is 4.79 Å². The van der Waals surface area contributed by atoms with E-state index in [0.29, 0.717) is 19.4 Å². The Morgan fingerprint density at radius 2 is 2.20 bits per heavy atom. The minimum Gasteiger partial charge on any atom is -0.480 e. The lowest BCUT2D eigenvalue weighted by atomic mass is 10.0. The molecule has 15 heavy (non-hydrogen) atoms. The second-order valence-electron chi connectivity index (χ2n) is 3.64. The maximum Gasteiger partial charge on any atom is 0.326 e. The van der Waals surface area contributed by atoms with Crippen molar-refractivity contribution >= 4 is 11.9 Å². The van der Waals surface area contributed by atoms with Crippen LogP contribution in [0.3, 0.4) is 0 Å². The average Bonchev–Trinajstić information content (AvgIpc) is 2.25. The Balaban J connectivity index is 2.60. The molecule has 4 heteroatoms. The summed E-state index contributed by atoms with van der Waals surface area (Å²) in [6.45, 7) is 0.542. The molecule has 0 aromatic heterocycles. The fourth-order valence-corrected chi connectivity index (χ4v) is 1.81. The van der Waals surface area contributed by atoms with Crippen LogP contribution in [0, 0.1) is 12.3 Å². The molecular formula is C11H15NO3. The fraction of sp³-hybridized carbons (Fsp3) is 0.636. The van der Waals surface area contributed by atoms with Crippen molar-refractivity contribution in [3.05, 3.63) is 0 Å². The zero-order chi connectivity index (χ0) is 11.3. The van der Waals surface area contributed by atoms with E-state index < -0.39 is 12.0 Å². The van der Waals surface area contributed by atoms with Crippen LogP contribution < -0.4 is 0 Å². The standard InChI is InChI=1S/C11H15NO3/c1-2-3-7-10(13)12-8-5-4-6-9(12)11(14)15/h1,9H,3-8H2,(H,14,15)/t9-/m1/s1. The second kappa shape index (κ2) is 5.40. The van der Waals surface area contributed by atoms with Gasteiger partial charge in [0, 0.05) is 19.4 Å². The van der Waals surface area contributed by atoms with E-state index in [1.807, 2.05) is 0 Å². The zero-order valence-electron chi connectivity index (χ0n) is 8.61. The number of carbonyl (C=O) groups excluding carboxylic acids is 1. The molecular weight excluding hydrogens is 194 g/mol. The fourth-order valence-electron chi connectivity index (χ4n) is 1.81. The van der Waals surface area contributed by atoms with E-state index in [1.54, 1.807) is 0 Å². The molecule has 4 nitrogen and oxygen atoms in total. The van der Waals surface area contributed by atoms with Gasteiger partial charge in [0.15, 0.2) is 0 Å². The molecule has 0 bridgehead atoms. The first kappa shape index (κ1) is 11.6. The Bertz CT molecular complexity index is 293. The summed E-state index contributed by atoms with van der Waals surface area (Å²) in [6, 6.07) is -0.649. The van der Waals surface area contributed by atoms with Crippen molar-refractivity contribution < 1.29 is 14.7 Å². The van der Waals surface area contributed by atoms with Gasteiger partial charge in [0.25, 0.3) is 0 Å². The molecule has 1 atom stereocenters. The highest BCUT2D eigenvalue weighted by atomic mass is 16.4. The number of hydrogen-bond donors (Lipinski definition) is 1. The van der Waals surface area contributed by atoms with E-state index in [0.717, 1.165) is 12.8 Å². The molecule has 1 N–H and O–H groups in total. The molecule has 1 rings (SSSR count). The quantitative estimate of drug-likeness (QED) is 0.701. The number of hydrogen-bond acceptors (Lipinski definition) is 2. The second-order valence-corrected chi connectivity index (χ2v) is 3.64. The summed E-state index contributed by atoms with van der Waals surface area (Å²) in [5.74, 6) is 1.33. The van der Waals surface area contributed by atoms with E-state index in [1.165, 1.54) is 4.90 Å². The third kappa shape index (κ3) is 2.98. The first-order valence-electron chi connectivity index (χ1n) is 5.12. The van der Waals surface area contributed by atoms with E-state index >= 15 is 0 Å². The monoisotopic (exact) mass is 209 g/mol. The summed E-state index contributed by atoms with van der Waals surface area (Å²) in [5, 5.41) is 8.95. The lowest BCUT2D eigenvalue weighted by Gasteiger charge is -2.32. The minimum absolute atomic E-state index is 0.139. The van der Waals surface area contributed by atoms with Crippen LogP contribution in [0.4, 0.5) is 0 Å².